The minimum absolute atomic E-state index is 0.226. The Hall–Kier alpha value is -1.98. The van der Waals surface area contributed by atoms with Gasteiger partial charge in [-0.25, -0.2) is 8.42 Å². The summed E-state index contributed by atoms with van der Waals surface area (Å²) in [5, 5.41) is 0. The fourth-order valence-electron chi connectivity index (χ4n) is 2.75. The largest absolute Gasteiger partial charge is 0.302 e. The number of rotatable bonds is 3. The third kappa shape index (κ3) is 2.58. The van der Waals surface area contributed by atoms with Crippen LogP contribution in [0.5, 0.6) is 0 Å². The zero-order valence-corrected chi connectivity index (χ0v) is 13.1. The maximum absolute atomic E-state index is 12.8. The van der Waals surface area contributed by atoms with Gasteiger partial charge >= 0.3 is 0 Å². The van der Waals surface area contributed by atoms with Crippen molar-refractivity contribution in [2.45, 2.75) is 30.8 Å². The van der Waals surface area contributed by atoms with Gasteiger partial charge in [-0.05, 0) is 36.6 Å². The van der Waals surface area contributed by atoms with E-state index in [-0.39, 0.29) is 11.4 Å². The minimum Gasteiger partial charge on any atom is -0.302 e. The molecule has 22 heavy (non-hydrogen) atoms. The van der Waals surface area contributed by atoms with Crippen molar-refractivity contribution in [2.75, 3.05) is 0 Å². The number of carbonyl (C=O) groups excluding carboxylic acids is 1. The number of carbonyl (C=O) groups is 1. The highest BCUT2D eigenvalue weighted by Crippen LogP contribution is 2.28. The van der Waals surface area contributed by atoms with Crippen molar-refractivity contribution in [3.8, 4) is 0 Å². The summed E-state index contributed by atoms with van der Waals surface area (Å²) in [5.41, 5.74) is 2.99. The Morgan fingerprint density at radius 3 is 2.32 bits per heavy atom. The lowest BCUT2D eigenvalue weighted by Gasteiger charge is -2.32. The second-order valence-corrected chi connectivity index (χ2v) is 7.43. The number of sulfonamides is 1. The van der Waals surface area contributed by atoms with Gasteiger partial charge in [-0.15, -0.1) is 0 Å². The summed E-state index contributed by atoms with van der Waals surface area (Å²) in [5.74, 6) is 0. The van der Waals surface area contributed by atoms with Crippen molar-refractivity contribution < 1.29 is 13.2 Å². The molecule has 1 atom stereocenters. The highest BCUT2D eigenvalue weighted by atomic mass is 32.2. The molecule has 0 saturated heterocycles. The van der Waals surface area contributed by atoms with Gasteiger partial charge in [0.2, 0.25) is 10.0 Å². The average molecular weight is 315 g/mol. The molecule has 0 saturated carbocycles. The molecule has 5 heteroatoms. The molecule has 1 aliphatic heterocycles. The topological polar surface area (TPSA) is 54.5 Å². The number of aldehydes is 1. The van der Waals surface area contributed by atoms with Crippen molar-refractivity contribution in [1.82, 2.24) is 4.31 Å². The van der Waals surface area contributed by atoms with Crippen LogP contribution in [0.4, 0.5) is 0 Å². The Labute approximate surface area is 130 Å². The Bertz CT molecular complexity index is 797. The van der Waals surface area contributed by atoms with E-state index in [4.69, 9.17) is 0 Å². The van der Waals surface area contributed by atoms with Gasteiger partial charge in [0, 0.05) is 6.54 Å². The molecule has 0 aliphatic carbocycles. The van der Waals surface area contributed by atoms with E-state index in [1.807, 2.05) is 31.2 Å². The molecule has 0 radical (unpaired) electrons. The van der Waals surface area contributed by atoms with Crippen LogP contribution >= 0.6 is 0 Å². The maximum atomic E-state index is 12.8. The molecule has 2 aromatic rings. The quantitative estimate of drug-likeness (QED) is 0.817. The van der Waals surface area contributed by atoms with Crippen LogP contribution in [0.25, 0.3) is 0 Å². The van der Waals surface area contributed by atoms with Crippen LogP contribution in [0.3, 0.4) is 0 Å². The summed E-state index contributed by atoms with van der Waals surface area (Å²) in [7, 11) is -3.68. The lowest BCUT2D eigenvalue weighted by Crippen LogP contribution is -2.45. The van der Waals surface area contributed by atoms with Crippen molar-refractivity contribution in [1.29, 1.82) is 0 Å². The molecule has 1 aliphatic rings. The first-order chi connectivity index (χ1) is 10.5. The Balaban J connectivity index is 2.02. The lowest BCUT2D eigenvalue weighted by atomic mass is 9.97. The van der Waals surface area contributed by atoms with Gasteiger partial charge in [0.05, 0.1) is 10.9 Å². The van der Waals surface area contributed by atoms with E-state index in [1.54, 1.807) is 24.3 Å². The minimum atomic E-state index is -3.68. The van der Waals surface area contributed by atoms with E-state index in [9.17, 15) is 13.2 Å². The lowest BCUT2D eigenvalue weighted by molar-refractivity contribution is -0.111. The molecule has 0 amide bonds. The second-order valence-electron chi connectivity index (χ2n) is 5.54. The summed E-state index contributed by atoms with van der Waals surface area (Å²) in [6, 6.07) is 13.7. The van der Waals surface area contributed by atoms with Crippen LogP contribution in [-0.2, 0) is 27.8 Å². The van der Waals surface area contributed by atoms with Crippen LogP contribution in [0, 0.1) is 6.92 Å². The number of aryl methyl sites for hydroxylation is 1. The third-order valence-electron chi connectivity index (χ3n) is 4.03. The zero-order chi connectivity index (χ0) is 15.7. The third-order valence-corrected chi connectivity index (χ3v) is 5.91. The first-order valence-corrected chi connectivity index (χ1v) is 8.57. The zero-order valence-electron chi connectivity index (χ0n) is 12.3. The molecule has 3 rings (SSSR count). The summed E-state index contributed by atoms with van der Waals surface area (Å²) in [6.07, 6.45) is 1.15. The molecule has 0 bridgehead atoms. The van der Waals surface area contributed by atoms with Gasteiger partial charge < -0.3 is 4.79 Å². The van der Waals surface area contributed by atoms with E-state index in [2.05, 4.69) is 0 Å². The van der Waals surface area contributed by atoms with E-state index in [0.29, 0.717) is 6.42 Å². The van der Waals surface area contributed by atoms with Gasteiger partial charge in [-0.2, -0.15) is 4.31 Å². The number of benzene rings is 2. The molecule has 4 nitrogen and oxygen atoms in total. The monoisotopic (exact) mass is 315 g/mol. The molecule has 0 fully saturated rings. The Morgan fingerprint density at radius 1 is 1.05 bits per heavy atom. The maximum Gasteiger partial charge on any atom is 0.244 e. The van der Waals surface area contributed by atoms with Crippen molar-refractivity contribution >= 4 is 16.3 Å². The summed E-state index contributed by atoms with van der Waals surface area (Å²) < 4.78 is 27.0. The summed E-state index contributed by atoms with van der Waals surface area (Å²) in [4.78, 5) is 11.6. The van der Waals surface area contributed by atoms with Gasteiger partial charge in [-0.3, -0.25) is 0 Å². The van der Waals surface area contributed by atoms with Crippen LogP contribution < -0.4 is 0 Å². The fraction of sp³-hybridized carbons (Fsp3) is 0.235. The number of nitrogens with zero attached hydrogens (tertiary/aromatic N) is 1. The predicted octanol–water partition coefficient (Wildman–Crippen LogP) is 2.31. The Kier molecular flexibility index (Phi) is 3.85. The van der Waals surface area contributed by atoms with Crippen molar-refractivity contribution in [3.05, 3.63) is 65.2 Å². The molecule has 0 aromatic heterocycles. The first kappa shape index (κ1) is 14.9. The van der Waals surface area contributed by atoms with Crippen LogP contribution in [0.1, 0.15) is 16.7 Å². The van der Waals surface area contributed by atoms with Crippen LogP contribution in [0.15, 0.2) is 53.4 Å². The highest BCUT2D eigenvalue weighted by Gasteiger charge is 2.35. The van der Waals surface area contributed by atoms with E-state index in [0.717, 1.165) is 23.0 Å². The van der Waals surface area contributed by atoms with Crippen LogP contribution in [-0.4, -0.2) is 25.1 Å². The number of hydrogen-bond donors (Lipinski definition) is 0. The molecular formula is C17H17NO3S. The number of hydrogen-bond acceptors (Lipinski definition) is 3. The van der Waals surface area contributed by atoms with Gasteiger partial charge in [0.15, 0.2) is 0 Å². The smallest absolute Gasteiger partial charge is 0.244 e. The van der Waals surface area contributed by atoms with Crippen molar-refractivity contribution in [2.24, 2.45) is 0 Å². The summed E-state index contributed by atoms with van der Waals surface area (Å²) in [6.45, 7) is 2.14. The highest BCUT2D eigenvalue weighted by molar-refractivity contribution is 7.89. The SMILES string of the molecule is Cc1ccc(S(=O)(=O)N2Cc3ccccc3C[C@H]2C=O)cc1. The number of fused-ring (bicyclic) bond motifs is 1. The van der Waals surface area contributed by atoms with E-state index >= 15 is 0 Å². The second kappa shape index (κ2) is 5.66. The molecule has 2 aromatic carbocycles. The first-order valence-electron chi connectivity index (χ1n) is 7.13. The van der Waals surface area contributed by atoms with Gasteiger partial charge in [-0.1, -0.05) is 42.0 Å². The predicted molar refractivity (Wildman–Crippen MR) is 83.9 cm³/mol. The van der Waals surface area contributed by atoms with Gasteiger partial charge in [0.25, 0.3) is 0 Å². The van der Waals surface area contributed by atoms with Crippen molar-refractivity contribution in [3.63, 3.8) is 0 Å². The molecule has 114 valence electrons. The van der Waals surface area contributed by atoms with E-state index < -0.39 is 16.1 Å². The molecule has 0 spiro atoms. The molecule has 1 heterocycles. The fourth-order valence-corrected chi connectivity index (χ4v) is 4.29. The average Bonchev–Trinajstić information content (AvgIpc) is 2.54. The standard InChI is InChI=1S/C17H17NO3S/c1-13-6-8-17(9-7-13)22(20,21)18-11-15-5-3-2-4-14(15)10-16(18)12-19/h2-9,12,16H,10-11H2,1H3/t16-/m0/s1. The molecule has 0 unspecified atom stereocenters. The van der Waals surface area contributed by atoms with Crippen LogP contribution in [0.2, 0.25) is 0 Å². The molecule has 0 N–H and O–H groups in total. The van der Waals surface area contributed by atoms with Gasteiger partial charge in [0.1, 0.15) is 6.29 Å². The summed E-state index contributed by atoms with van der Waals surface area (Å²) >= 11 is 0. The molecular weight excluding hydrogens is 298 g/mol. The normalized spacial score (nSPS) is 18.7. The Morgan fingerprint density at radius 2 is 1.68 bits per heavy atom. The van der Waals surface area contributed by atoms with E-state index in [1.165, 1.54) is 4.31 Å².